The third-order valence-corrected chi connectivity index (χ3v) is 0.645. The average molecular weight is 135 g/mol. The Morgan fingerprint density at radius 2 is 2.22 bits per heavy atom. The van der Waals surface area contributed by atoms with Crippen molar-refractivity contribution in [1.29, 1.82) is 1.43 Å². The lowest BCUT2D eigenvalue weighted by Gasteiger charge is -1.97. The lowest BCUT2D eigenvalue weighted by atomic mass is 10.3. The fraction of sp³-hybridized carbons (Fsp3) is 0.500. The summed E-state index contributed by atoms with van der Waals surface area (Å²) in [6.07, 6.45) is -2.48. The number of carboxylic acid groups (broad SMARTS) is 2. The molecule has 1 unspecified atom stereocenters. The Kier molecular flexibility index (Phi) is 2.03. The summed E-state index contributed by atoms with van der Waals surface area (Å²) in [5.74, 6) is -2.58. The van der Waals surface area contributed by atoms with Gasteiger partial charge in [-0.05, 0) is 0 Å². The third-order valence-electron chi connectivity index (χ3n) is 0.645. The standard InChI is InChI=1S/C4H6O5/c5-2(4(8)9)1-3(6)7/h2,5H,1H2,(H,6,7)(H,8,9)/i/hD. The fourth-order valence-electron chi connectivity index (χ4n) is 0.245. The van der Waals surface area contributed by atoms with Crippen molar-refractivity contribution < 1.29 is 24.9 Å². The van der Waals surface area contributed by atoms with Gasteiger partial charge in [0, 0.05) is 0 Å². The molecule has 52 valence electrons. The molecule has 5 nitrogen and oxygen atoms in total. The minimum Gasteiger partial charge on any atom is -0.481 e. The van der Waals surface area contributed by atoms with Crippen molar-refractivity contribution >= 4 is 11.9 Å². The molecule has 0 rings (SSSR count). The van der Waals surface area contributed by atoms with Gasteiger partial charge in [0.1, 0.15) is 0 Å². The van der Waals surface area contributed by atoms with Crippen LogP contribution in [0.1, 0.15) is 6.42 Å². The quantitative estimate of drug-likeness (QED) is 0.457. The maximum absolute atomic E-state index is 10.1. The molecular formula is C4H6O5. The summed E-state index contributed by atoms with van der Waals surface area (Å²) >= 11 is 0. The lowest BCUT2D eigenvalue weighted by Crippen LogP contribution is -2.22. The second kappa shape index (κ2) is 3.03. The zero-order valence-electron chi connectivity index (χ0n) is 5.40. The van der Waals surface area contributed by atoms with Crippen LogP contribution in [0.25, 0.3) is 1.43 Å². The average Bonchev–Trinajstić information content (AvgIpc) is 1.87. The Bertz CT molecular complexity index is 145. The molecule has 0 aromatic rings. The third kappa shape index (κ3) is 3.48. The zero-order chi connectivity index (χ0) is 8.15. The van der Waals surface area contributed by atoms with Gasteiger partial charge in [-0.1, -0.05) is 0 Å². The van der Waals surface area contributed by atoms with E-state index in [4.69, 9.17) is 11.6 Å². The van der Waals surface area contributed by atoms with Crippen molar-refractivity contribution in [3.05, 3.63) is 0 Å². The number of rotatable bonds is 3. The minimum atomic E-state index is -1.78. The number of aliphatic hydroxyl groups is 1. The van der Waals surface area contributed by atoms with Crippen LogP contribution in [-0.2, 0) is 9.59 Å². The topological polar surface area (TPSA) is 94.8 Å². The van der Waals surface area contributed by atoms with Crippen molar-refractivity contribution in [3.63, 3.8) is 0 Å². The highest BCUT2D eigenvalue weighted by Crippen LogP contribution is 1.89. The van der Waals surface area contributed by atoms with Crippen LogP contribution in [0, 0.1) is 0 Å². The first-order valence-corrected chi connectivity index (χ1v) is 2.14. The molecule has 3 N–H and O–H groups in total. The molecule has 0 saturated carbocycles. The molecule has 0 radical (unpaired) electrons. The smallest absolute Gasteiger partial charge is 0.333 e. The van der Waals surface area contributed by atoms with E-state index in [1.165, 1.54) is 0 Å². The van der Waals surface area contributed by atoms with Gasteiger partial charge in [0.15, 0.2) is 6.10 Å². The zero-order valence-corrected chi connectivity index (χ0v) is 4.40. The van der Waals surface area contributed by atoms with Gasteiger partial charge in [-0.2, -0.15) is 0 Å². The second-order valence-corrected chi connectivity index (χ2v) is 1.43. The predicted octanol–water partition coefficient (Wildman–Crippen LogP) is -1.09. The van der Waals surface area contributed by atoms with Crippen LogP contribution in [0.5, 0.6) is 0 Å². The van der Waals surface area contributed by atoms with Crippen LogP contribution in [0.2, 0.25) is 0 Å². The molecule has 5 heteroatoms. The Labute approximate surface area is 52.0 Å². The Hall–Kier alpha value is -1.10. The van der Waals surface area contributed by atoms with E-state index in [1.54, 1.807) is 0 Å². The Morgan fingerprint density at radius 3 is 2.56 bits per heavy atom. The summed E-state index contributed by atoms with van der Waals surface area (Å²) in [5.41, 5.74) is 0. The minimum absolute atomic E-state index is 0.696. The maximum atomic E-state index is 10.1. The molecular weight excluding hydrogens is 128 g/mol. The van der Waals surface area contributed by atoms with Gasteiger partial charge in [0.05, 0.1) is 6.42 Å². The van der Waals surface area contributed by atoms with Gasteiger partial charge in [-0.3, -0.25) is 4.79 Å². The van der Waals surface area contributed by atoms with Crippen molar-refractivity contribution in [3.8, 4) is 0 Å². The van der Waals surface area contributed by atoms with Gasteiger partial charge in [-0.25, -0.2) is 4.79 Å². The van der Waals surface area contributed by atoms with E-state index in [-0.39, 0.29) is 0 Å². The van der Waals surface area contributed by atoms with Crippen LogP contribution in [-0.4, -0.2) is 33.4 Å². The van der Waals surface area contributed by atoms with E-state index in [2.05, 4.69) is 5.11 Å². The van der Waals surface area contributed by atoms with Crippen molar-refractivity contribution in [1.82, 2.24) is 0 Å². The van der Waals surface area contributed by atoms with Gasteiger partial charge in [-0.15, -0.1) is 0 Å². The number of carboxylic acids is 2. The lowest BCUT2D eigenvalue weighted by molar-refractivity contribution is -0.152. The molecule has 0 saturated heterocycles. The Balaban J connectivity index is 3.68. The monoisotopic (exact) mass is 135 g/mol. The number of carbonyl (C=O) groups is 2. The molecule has 0 aliphatic rings. The molecule has 0 aromatic carbocycles. The molecule has 0 aliphatic heterocycles. The van der Waals surface area contributed by atoms with Crippen LogP contribution in [0.3, 0.4) is 0 Å². The van der Waals surface area contributed by atoms with Crippen molar-refractivity contribution in [2.75, 3.05) is 0 Å². The van der Waals surface area contributed by atoms with E-state index in [0.29, 0.717) is 0 Å². The van der Waals surface area contributed by atoms with E-state index in [0.717, 1.165) is 0 Å². The maximum Gasteiger partial charge on any atom is 0.333 e. The van der Waals surface area contributed by atoms with Gasteiger partial charge in [0.25, 0.3) is 1.43 Å². The van der Waals surface area contributed by atoms with E-state index < -0.39 is 24.5 Å². The van der Waals surface area contributed by atoms with Gasteiger partial charge in [0.2, 0.25) is 0 Å². The van der Waals surface area contributed by atoms with Crippen LogP contribution >= 0.6 is 0 Å². The highest BCUT2D eigenvalue weighted by molar-refractivity contribution is 5.79. The highest BCUT2D eigenvalue weighted by atomic mass is 16.4. The second-order valence-electron chi connectivity index (χ2n) is 1.43. The molecule has 1 atom stereocenters. The number of hydrogen-bond acceptors (Lipinski definition) is 4. The van der Waals surface area contributed by atoms with E-state index in [9.17, 15) is 9.59 Å². The van der Waals surface area contributed by atoms with Crippen LogP contribution in [0.15, 0.2) is 0 Å². The van der Waals surface area contributed by atoms with E-state index >= 15 is 0 Å². The summed E-state index contributed by atoms with van der Waals surface area (Å²) in [7, 11) is 0. The normalized spacial score (nSPS) is 13.7. The van der Waals surface area contributed by atoms with Gasteiger partial charge < -0.3 is 15.3 Å². The fourth-order valence-corrected chi connectivity index (χ4v) is 0.245. The number of hydrogen-bond donors (Lipinski definition) is 3. The summed E-state index contributed by atoms with van der Waals surface area (Å²) in [4.78, 5) is 19.9. The molecule has 0 amide bonds. The molecule has 0 spiro atoms. The molecule has 0 fully saturated rings. The molecule has 0 heterocycles. The van der Waals surface area contributed by atoms with Crippen LogP contribution < -0.4 is 0 Å². The first kappa shape index (κ1) is 6.03. The predicted molar refractivity (Wildman–Crippen MR) is 25.9 cm³/mol. The highest BCUT2D eigenvalue weighted by Gasteiger charge is 2.16. The number of aliphatic hydroxyl groups excluding tert-OH is 1. The first-order valence-electron chi connectivity index (χ1n) is 2.55. The summed E-state index contributed by atoms with van der Waals surface area (Å²) in [6, 6.07) is 0. The molecule has 0 bridgehead atoms. The summed E-state index contributed by atoms with van der Waals surface area (Å²) < 4.78 is 5.99. The Morgan fingerprint density at radius 1 is 1.67 bits per heavy atom. The largest absolute Gasteiger partial charge is 0.481 e. The summed E-state index contributed by atoms with van der Waals surface area (Å²) in [5, 5.41) is 19.8. The van der Waals surface area contributed by atoms with Crippen molar-refractivity contribution in [2.45, 2.75) is 12.5 Å². The number of aliphatic carboxylic acids is 2. The molecule has 0 aliphatic carbocycles. The SMILES string of the molecule is [2H]OC(=O)CC(O)C(=O)O. The van der Waals surface area contributed by atoms with Gasteiger partial charge >= 0.3 is 11.9 Å². The first-order chi connectivity index (χ1) is 4.57. The van der Waals surface area contributed by atoms with Crippen molar-refractivity contribution in [2.24, 2.45) is 0 Å². The summed E-state index contributed by atoms with van der Waals surface area (Å²) in [6.45, 7) is 0. The van der Waals surface area contributed by atoms with Crippen LogP contribution in [0.4, 0.5) is 0 Å². The molecule has 0 aromatic heterocycles. The molecule has 9 heavy (non-hydrogen) atoms. The van der Waals surface area contributed by atoms with E-state index in [1.807, 2.05) is 0 Å².